The van der Waals surface area contributed by atoms with Crippen molar-refractivity contribution in [2.45, 2.75) is 19.4 Å². The predicted octanol–water partition coefficient (Wildman–Crippen LogP) is 1.82. The van der Waals surface area contributed by atoms with E-state index in [4.69, 9.17) is 14.5 Å². The van der Waals surface area contributed by atoms with Gasteiger partial charge < -0.3 is 14.2 Å². The molecule has 0 saturated carbocycles. The predicted molar refractivity (Wildman–Crippen MR) is 58.8 cm³/mol. The number of hydrogen-bond donors (Lipinski definition) is 1. The Morgan fingerprint density at radius 2 is 2.24 bits per heavy atom. The van der Waals surface area contributed by atoms with Crippen LogP contribution in [0.15, 0.2) is 16.7 Å². The maximum absolute atomic E-state index is 8.70. The van der Waals surface area contributed by atoms with Crippen molar-refractivity contribution in [3.05, 3.63) is 23.7 Å². The molecule has 2 aromatic rings. The van der Waals surface area contributed by atoms with Gasteiger partial charge >= 0.3 is 0 Å². The molecule has 1 N–H and O–H groups in total. The minimum absolute atomic E-state index is 0.339. The van der Waals surface area contributed by atoms with Crippen LogP contribution in [-0.4, -0.2) is 22.2 Å². The Balaban J connectivity index is 2.33. The summed E-state index contributed by atoms with van der Waals surface area (Å²) in [5, 5.41) is 12.6. The standard InChI is InChI=1S/C11H12N4O2/c1-11(2,16-3)10-14-9(17-15-10)8-5-4-7(6-12)13-8/h4-5,13H,1-3H3. The van der Waals surface area contributed by atoms with E-state index in [9.17, 15) is 0 Å². The zero-order valence-corrected chi connectivity index (χ0v) is 9.81. The van der Waals surface area contributed by atoms with Crippen LogP contribution >= 0.6 is 0 Å². The number of H-pyrrole nitrogens is 1. The van der Waals surface area contributed by atoms with Crippen LogP contribution in [0.3, 0.4) is 0 Å². The summed E-state index contributed by atoms with van der Waals surface area (Å²) in [6, 6.07) is 5.37. The van der Waals surface area contributed by atoms with Crippen LogP contribution in [-0.2, 0) is 10.3 Å². The quantitative estimate of drug-likeness (QED) is 0.871. The van der Waals surface area contributed by atoms with Crippen LogP contribution < -0.4 is 0 Å². The van der Waals surface area contributed by atoms with E-state index in [2.05, 4.69) is 15.1 Å². The molecule has 2 heterocycles. The number of rotatable bonds is 3. The molecule has 2 rings (SSSR count). The van der Waals surface area contributed by atoms with Gasteiger partial charge in [0.1, 0.15) is 23.1 Å². The maximum atomic E-state index is 8.70. The molecule has 0 fully saturated rings. The van der Waals surface area contributed by atoms with Crippen LogP contribution in [0.4, 0.5) is 0 Å². The Labute approximate surface area is 98.2 Å². The third-order valence-electron chi connectivity index (χ3n) is 2.51. The fourth-order valence-corrected chi connectivity index (χ4v) is 1.25. The second-order valence-electron chi connectivity index (χ2n) is 4.04. The molecule has 2 aromatic heterocycles. The molecule has 0 amide bonds. The first-order chi connectivity index (χ1) is 8.06. The summed E-state index contributed by atoms with van der Waals surface area (Å²) in [6.45, 7) is 3.69. The zero-order valence-electron chi connectivity index (χ0n) is 9.81. The lowest BCUT2D eigenvalue weighted by molar-refractivity contribution is 0.00973. The van der Waals surface area contributed by atoms with Crippen LogP contribution in [0.1, 0.15) is 25.4 Å². The van der Waals surface area contributed by atoms with Crippen molar-refractivity contribution in [1.82, 2.24) is 15.1 Å². The van der Waals surface area contributed by atoms with Gasteiger partial charge in [-0.15, -0.1) is 0 Å². The number of nitriles is 1. The first-order valence-corrected chi connectivity index (χ1v) is 5.05. The Kier molecular flexibility index (Phi) is 2.69. The number of ether oxygens (including phenoxy) is 1. The molecule has 6 nitrogen and oxygen atoms in total. The summed E-state index contributed by atoms with van der Waals surface area (Å²) in [4.78, 5) is 7.09. The topological polar surface area (TPSA) is 87.7 Å². The summed E-state index contributed by atoms with van der Waals surface area (Å²) in [7, 11) is 1.58. The van der Waals surface area contributed by atoms with Gasteiger partial charge in [-0.1, -0.05) is 5.16 Å². The van der Waals surface area contributed by atoms with Gasteiger partial charge in [-0.3, -0.25) is 0 Å². The van der Waals surface area contributed by atoms with Crippen molar-refractivity contribution in [3.8, 4) is 17.7 Å². The third kappa shape index (κ3) is 2.05. The normalized spacial score (nSPS) is 11.4. The Morgan fingerprint density at radius 3 is 2.82 bits per heavy atom. The molecular formula is C11H12N4O2. The molecule has 0 aliphatic heterocycles. The monoisotopic (exact) mass is 232 g/mol. The van der Waals surface area contributed by atoms with Gasteiger partial charge in [0.05, 0.1) is 0 Å². The molecule has 88 valence electrons. The molecule has 0 bridgehead atoms. The smallest absolute Gasteiger partial charge is 0.274 e. The van der Waals surface area contributed by atoms with Crippen LogP contribution in [0.5, 0.6) is 0 Å². The van der Waals surface area contributed by atoms with E-state index in [0.717, 1.165) is 0 Å². The van der Waals surface area contributed by atoms with Gasteiger partial charge in [0, 0.05) is 7.11 Å². The van der Waals surface area contributed by atoms with Crippen molar-refractivity contribution < 1.29 is 9.26 Å². The molecule has 0 unspecified atom stereocenters. The summed E-state index contributed by atoms with van der Waals surface area (Å²) < 4.78 is 10.4. The number of methoxy groups -OCH3 is 1. The molecular weight excluding hydrogens is 220 g/mol. The molecule has 0 spiro atoms. The Bertz CT molecular complexity index is 562. The third-order valence-corrected chi connectivity index (χ3v) is 2.51. The largest absolute Gasteiger partial charge is 0.371 e. The molecule has 0 saturated heterocycles. The Hall–Kier alpha value is -2.13. The lowest BCUT2D eigenvalue weighted by Crippen LogP contribution is -2.21. The molecule has 0 aliphatic carbocycles. The average Bonchev–Trinajstić information content (AvgIpc) is 2.97. The van der Waals surface area contributed by atoms with E-state index >= 15 is 0 Å². The number of hydrogen-bond acceptors (Lipinski definition) is 5. The fraction of sp³-hybridized carbons (Fsp3) is 0.364. The first kappa shape index (κ1) is 11.4. The van der Waals surface area contributed by atoms with E-state index in [1.165, 1.54) is 0 Å². The maximum Gasteiger partial charge on any atom is 0.274 e. The first-order valence-electron chi connectivity index (χ1n) is 5.05. The zero-order chi connectivity index (χ0) is 12.5. The highest BCUT2D eigenvalue weighted by Gasteiger charge is 2.26. The lowest BCUT2D eigenvalue weighted by Gasteiger charge is -2.17. The van der Waals surface area contributed by atoms with E-state index in [1.807, 2.05) is 19.9 Å². The Morgan fingerprint density at radius 1 is 1.47 bits per heavy atom. The van der Waals surface area contributed by atoms with Gasteiger partial charge in [-0.05, 0) is 26.0 Å². The molecule has 0 atom stereocenters. The molecule has 0 aliphatic rings. The number of nitrogens with one attached hydrogen (secondary N) is 1. The number of nitrogens with zero attached hydrogens (tertiary/aromatic N) is 3. The second kappa shape index (κ2) is 4.03. The van der Waals surface area contributed by atoms with E-state index in [-0.39, 0.29) is 0 Å². The van der Waals surface area contributed by atoms with Crippen molar-refractivity contribution in [2.24, 2.45) is 0 Å². The van der Waals surface area contributed by atoms with Gasteiger partial charge in [0.25, 0.3) is 5.89 Å². The lowest BCUT2D eigenvalue weighted by atomic mass is 10.1. The van der Waals surface area contributed by atoms with Crippen LogP contribution in [0.25, 0.3) is 11.6 Å². The molecule has 0 radical (unpaired) electrons. The second-order valence-corrected chi connectivity index (χ2v) is 4.04. The molecule has 6 heteroatoms. The number of aromatic amines is 1. The van der Waals surface area contributed by atoms with Gasteiger partial charge in [0.2, 0.25) is 5.82 Å². The van der Waals surface area contributed by atoms with E-state index in [1.54, 1.807) is 19.2 Å². The van der Waals surface area contributed by atoms with Gasteiger partial charge in [-0.25, -0.2) is 0 Å². The van der Waals surface area contributed by atoms with Crippen molar-refractivity contribution in [2.75, 3.05) is 7.11 Å². The highest BCUT2D eigenvalue weighted by Crippen LogP contribution is 2.24. The van der Waals surface area contributed by atoms with Crippen molar-refractivity contribution >= 4 is 0 Å². The average molecular weight is 232 g/mol. The van der Waals surface area contributed by atoms with Gasteiger partial charge in [-0.2, -0.15) is 10.2 Å². The van der Waals surface area contributed by atoms with E-state index in [0.29, 0.717) is 23.1 Å². The minimum Gasteiger partial charge on any atom is -0.371 e. The summed E-state index contributed by atoms with van der Waals surface area (Å²) >= 11 is 0. The van der Waals surface area contributed by atoms with Gasteiger partial charge in [0.15, 0.2) is 0 Å². The van der Waals surface area contributed by atoms with Crippen LogP contribution in [0.2, 0.25) is 0 Å². The summed E-state index contributed by atoms with van der Waals surface area (Å²) in [5.74, 6) is 0.801. The van der Waals surface area contributed by atoms with Crippen molar-refractivity contribution in [3.63, 3.8) is 0 Å². The highest BCUT2D eigenvalue weighted by molar-refractivity contribution is 5.49. The number of aromatic nitrogens is 3. The van der Waals surface area contributed by atoms with Crippen molar-refractivity contribution in [1.29, 1.82) is 5.26 Å². The summed E-state index contributed by atoms with van der Waals surface area (Å²) in [6.07, 6.45) is 0. The SMILES string of the molecule is COC(C)(C)c1noc(-c2ccc(C#N)[nH]2)n1. The van der Waals surface area contributed by atoms with E-state index < -0.39 is 5.60 Å². The molecule has 0 aromatic carbocycles. The highest BCUT2D eigenvalue weighted by atomic mass is 16.5. The molecule has 17 heavy (non-hydrogen) atoms. The fourth-order valence-electron chi connectivity index (χ4n) is 1.25. The van der Waals surface area contributed by atoms with Crippen LogP contribution in [0, 0.1) is 11.3 Å². The minimum atomic E-state index is -0.605. The summed E-state index contributed by atoms with van der Waals surface area (Å²) in [5.41, 5.74) is 0.463.